The molecule has 0 unspecified atom stereocenters. The van der Waals surface area contributed by atoms with Crippen molar-refractivity contribution in [1.82, 2.24) is 4.90 Å². The molecule has 0 saturated carbocycles. The first-order valence-electron chi connectivity index (χ1n) is 7.40. The third-order valence-electron chi connectivity index (χ3n) is 3.41. The molecule has 0 spiro atoms. The van der Waals surface area contributed by atoms with Crippen molar-refractivity contribution in [1.29, 1.82) is 0 Å². The van der Waals surface area contributed by atoms with Gasteiger partial charge in [-0.2, -0.15) is 0 Å². The molecular formula is C18H21N3O2. The van der Waals surface area contributed by atoms with E-state index in [-0.39, 0.29) is 12.3 Å². The minimum atomic E-state index is -0.406. The predicted molar refractivity (Wildman–Crippen MR) is 91.8 cm³/mol. The third kappa shape index (κ3) is 5.23. The van der Waals surface area contributed by atoms with Gasteiger partial charge < -0.3 is 10.5 Å². The highest BCUT2D eigenvalue weighted by atomic mass is 16.4. The van der Waals surface area contributed by atoms with E-state index in [2.05, 4.69) is 10.5 Å². The predicted octanol–water partition coefficient (Wildman–Crippen LogP) is 2.90. The first kappa shape index (κ1) is 16.7. The van der Waals surface area contributed by atoms with Crippen LogP contribution in [0.2, 0.25) is 0 Å². The molecular weight excluding hydrogens is 290 g/mol. The number of aryl methyl sites for hydroxylation is 1. The van der Waals surface area contributed by atoms with Crippen LogP contribution in [-0.2, 0) is 11.3 Å². The van der Waals surface area contributed by atoms with Gasteiger partial charge in [0.2, 0.25) is 0 Å². The highest BCUT2D eigenvalue weighted by Gasteiger charge is 2.15. The monoisotopic (exact) mass is 311 g/mol. The van der Waals surface area contributed by atoms with Crippen LogP contribution in [0.5, 0.6) is 0 Å². The van der Waals surface area contributed by atoms with Gasteiger partial charge in [-0.15, -0.1) is 0 Å². The lowest BCUT2D eigenvalue weighted by atomic mass is 10.2. The van der Waals surface area contributed by atoms with Gasteiger partial charge in [-0.3, -0.25) is 9.69 Å². The highest BCUT2D eigenvalue weighted by molar-refractivity contribution is 6.43. The Kier molecular flexibility index (Phi) is 5.88. The number of nitrogens with zero attached hydrogens (tertiary/aromatic N) is 2. The molecule has 0 aliphatic rings. The number of nitrogens with one attached hydrogen (secondary N) is 1. The molecule has 0 bridgehead atoms. The standard InChI is InChI=1S/C18H21N3O2/c1-14-8-10-16(11-9-14)19-18(22)17(20-23)13-21(2)12-15-6-4-3-5-7-15/h3-11,23H,12-13H2,1-2H3,(H,19,22). The fourth-order valence-corrected chi connectivity index (χ4v) is 2.20. The SMILES string of the molecule is Cc1ccc(NC(=O)C(CN(C)Cc2ccccc2)=NO)cc1. The molecule has 0 aromatic heterocycles. The zero-order valence-electron chi connectivity index (χ0n) is 13.4. The van der Waals surface area contributed by atoms with Crippen LogP contribution in [0.1, 0.15) is 11.1 Å². The maximum atomic E-state index is 12.2. The largest absolute Gasteiger partial charge is 0.410 e. The van der Waals surface area contributed by atoms with Crippen molar-refractivity contribution in [2.45, 2.75) is 13.5 Å². The first-order chi connectivity index (χ1) is 11.1. The molecule has 2 rings (SSSR count). The summed E-state index contributed by atoms with van der Waals surface area (Å²) in [7, 11) is 1.87. The molecule has 5 heteroatoms. The van der Waals surface area contributed by atoms with Crippen LogP contribution < -0.4 is 5.32 Å². The Morgan fingerprint density at radius 1 is 1.13 bits per heavy atom. The summed E-state index contributed by atoms with van der Waals surface area (Å²) >= 11 is 0. The number of carbonyl (C=O) groups excluding carboxylic acids is 1. The second-order valence-corrected chi connectivity index (χ2v) is 5.52. The van der Waals surface area contributed by atoms with Gasteiger partial charge >= 0.3 is 0 Å². The molecule has 0 atom stereocenters. The topological polar surface area (TPSA) is 64.9 Å². The maximum Gasteiger partial charge on any atom is 0.274 e. The lowest BCUT2D eigenvalue weighted by Crippen LogP contribution is -2.34. The van der Waals surface area contributed by atoms with E-state index >= 15 is 0 Å². The van der Waals surface area contributed by atoms with Gasteiger partial charge in [0.15, 0.2) is 5.71 Å². The fourth-order valence-electron chi connectivity index (χ4n) is 2.20. The van der Waals surface area contributed by atoms with Crippen LogP contribution in [0.15, 0.2) is 59.8 Å². The number of hydrogen-bond donors (Lipinski definition) is 2. The molecule has 2 aromatic carbocycles. The van der Waals surface area contributed by atoms with Crippen LogP contribution in [0.25, 0.3) is 0 Å². The van der Waals surface area contributed by atoms with Crippen molar-refractivity contribution >= 4 is 17.3 Å². The molecule has 2 N–H and O–H groups in total. The molecule has 0 radical (unpaired) electrons. The molecule has 0 fully saturated rings. The van der Waals surface area contributed by atoms with Crippen molar-refractivity contribution in [2.75, 3.05) is 18.9 Å². The second kappa shape index (κ2) is 8.10. The Morgan fingerprint density at radius 2 is 1.78 bits per heavy atom. The van der Waals surface area contributed by atoms with Crippen LogP contribution >= 0.6 is 0 Å². The normalized spacial score (nSPS) is 11.5. The summed E-state index contributed by atoms with van der Waals surface area (Å²) in [6, 6.07) is 17.4. The smallest absolute Gasteiger partial charge is 0.274 e. The van der Waals surface area contributed by atoms with Crippen molar-refractivity contribution in [3.8, 4) is 0 Å². The molecule has 120 valence electrons. The van der Waals surface area contributed by atoms with E-state index in [4.69, 9.17) is 5.21 Å². The van der Waals surface area contributed by atoms with Crippen LogP contribution in [-0.4, -0.2) is 35.3 Å². The fraction of sp³-hybridized carbons (Fsp3) is 0.222. The number of carbonyl (C=O) groups is 1. The van der Waals surface area contributed by atoms with Gasteiger partial charge in [0.1, 0.15) is 0 Å². The van der Waals surface area contributed by atoms with Gasteiger partial charge in [0.05, 0.1) is 0 Å². The minimum Gasteiger partial charge on any atom is -0.410 e. The Bertz CT molecular complexity index is 666. The Labute approximate surface area is 136 Å². The molecule has 0 aliphatic heterocycles. The molecule has 2 aromatic rings. The van der Waals surface area contributed by atoms with Crippen LogP contribution in [0.4, 0.5) is 5.69 Å². The molecule has 0 saturated heterocycles. The number of benzene rings is 2. The minimum absolute atomic E-state index is 0.0732. The number of hydrogen-bond acceptors (Lipinski definition) is 4. The molecule has 0 aliphatic carbocycles. The molecule has 1 amide bonds. The summed E-state index contributed by atoms with van der Waals surface area (Å²) in [5, 5.41) is 15.0. The lowest BCUT2D eigenvalue weighted by molar-refractivity contribution is -0.110. The van der Waals surface area contributed by atoms with Crippen LogP contribution in [0, 0.1) is 6.92 Å². The zero-order valence-corrected chi connectivity index (χ0v) is 13.4. The highest BCUT2D eigenvalue weighted by Crippen LogP contribution is 2.09. The van der Waals surface area contributed by atoms with Gasteiger partial charge in [0.25, 0.3) is 5.91 Å². The van der Waals surface area contributed by atoms with Crippen LogP contribution in [0.3, 0.4) is 0 Å². The summed E-state index contributed by atoms with van der Waals surface area (Å²) in [4.78, 5) is 14.1. The van der Waals surface area contributed by atoms with E-state index in [0.717, 1.165) is 11.1 Å². The first-order valence-corrected chi connectivity index (χ1v) is 7.40. The van der Waals surface area contributed by atoms with E-state index in [1.807, 2.05) is 73.5 Å². The summed E-state index contributed by atoms with van der Waals surface area (Å²) in [5.74, 6) is -0.406. The maximum absolute atomic E-state index is 12.2. The number of amides is 1. The summed E-state index contributed by atoms with van der Waals surface area (Å²) in [6.07, 6.45) is 0. The van der Waals surface area contributed by atoms with Crippen molar-refractivity contribution in [2.24, 2.45) is 5.16 Å². The summed E-state index contributed by atoms with van der Waals surface area (Å²) in [5.41, 5.74) is 2.99. The van der Waals surface area contributed by atoms with E-state index in [0.29, 0.717) is 12.2 Å². The Morgan fingerprint density at radius 3 is 2.39 bits per heavy atom. The summed E-state index contributed by atoms with van der Waals surface area (Å²) in [6.45, 7) is 2.89. The van der Waals surface area contributed by atoms with Gasteiger partial charge in [-0.1, -0.05) is 53.2 Å². The molecule has 0 heterocycles. The van der Waals surface area contributed by atoms with Crippen molar-refractivity contribution in [3.05, 3.63) is 65.7 Å². The quantitative estimate of drug-likeness (QED) is 0.490. The van der Waals surface area contributed by atoms with E-state index in [1.54, 1.807) is 0 Å². The van der Waals surface area contributed by atoms with Gasteiger partial charge in [0, 0.05) is 18.8 Å². The Balaban J connectivity index is 1.93. The summed E-state index contributed by atoms with van der Waals surface area (Å²) < 4.78 is 0. The number of oxime groups is 1. The van der Waals surface area contributed by atoms with E-state index in [1.165, 1.54) is 0 Å². The average molecular weight is 311 g/mol. The number of anilines is 1. The Hall–Kier alpha value is -2.66. The van der Waals surface area contributed by atoms with E-state index < -0.39 is 5.91 Å². The average Bonchev–Trinajstić information content (AvgIpc) is 2.55. The zero-order chi connectivity index (χ0) is 16.7. The van der Waals surface area contributed by atoms with Crippen molar-refractivity contribution in [3.63, 3.8) is 0 Å². The molecule has 23 heavy (non-hydrogen) atoms. The van der Waals surface area contributed by atoms with Crippen molar-refractivity contribution < 1.29 is 10.0 Å². The lowest BCUT2D eigenvalue weighted by Gasteiger charge is -2.17. The van der Waals surface area contributed by atoms with E-state index in [9.17, 15) is 4.79 Å². The molecule has 5 nitrogen and oxygen atoms in total. The van der Waals surface area contributed by atoms with Gasteiger partial charge in [-0.05, 0) is 31.7 Å². The third-order valence-corrected chi connectivity index (χ3v) is 3.41. The van der Waals surface area contributed by atoms with Gasteiger partial charge in [-0.25, -0.2) is 0 Å². The number of rotatable bonds is 6. The second-order valence-electron chi connectivity index (χ2n) is 5.52.